The first-order valence-corrected chi connectivity index (χ1v) is 14.3. The summed E-state index contributed by atoms with van der Waals surface area (Å²) < 4.78 is 13.0. The smallest absolute Gasteiger partial charge is 0.121 e. The van der Waals surface area contributed by atoms with Crippen LogP contribution in [0, 0.1) is 6.92 Å². The molecular formula is C29H39N3O3S. The number of aryl methyl sites for hydroxylation is 3. The molecule has 5 rings (SSSR count). The third kappa shape index (κ3) is 6.97. The summed E-state index contributed by atoms with van der Waals surface area (Å²) in [6, 6.07) is 12.6. The molecule has 36 heavy (non-hydrogen) atoms. The molecule has 1 fully saturated rings. The number of piperazine rings is 1. The number of thiazole rings is 1. The standard InChI is InChI=1S/C29H39N3O3S/c1-22-30-28-19-27(10-11-29(28)36-22)35-21-25(33)20-32-15-13-31(14-16-32)12-4-5-17-34-26-9-8-23-6-2-3-7-24(23)18-26/h8-11,18-19,25,33H,2-7,12-17,20-21H2,1H3/t25-/m1/s1. The van der Waals surface area contributed by atoms with Gasteiger partial charge in [-0.25, -0.2) is 4.98 Å². The second-order valence-corrected chi connectivity index (χ2v) is 11.4. The van der Waals surface area contributed by atoms with Crippen molar-refractivity contribution in [1.29, 1.82) is 0 Å². The molecule has 0 radical (unpaired) electrons. The molecule has 1 aliphatic carbocycles. The number of rotatable bonds is 11. The number of nitrogens with zero attached hydrogens (tertiary/aromatic N) is 3. The number of fused-ring (bicyclic) bond motifs is 2. The molecule has 0 spiro atoms. The maximum absolute atomic E-state index is 10.5. The molecule has 1 aromatic heterocycles. The molecule has 1 atom stereocenters. The van der Waals surface area contributed by atoms with Crippen molar-refractivity contribution in [3.05, 3.63) is 52.5 Å². The lowest BCUT2D eigenvalue weighted by atomic mass is 9.92. The highest BCUT2D eigenvalue weighted by molar-refractivity contribution is 7.18. The average Bonchev–Trinajstić information content (AvgIpc) is 3.27. The summed E-state index contributed by atoms with van der Waals surface area (Å²) in [6.07, 6.45) is 6.79. The van der Waals surface area contributed by atoms with Gasteiger partial charge >= 0.3 is 0 Å². The number of aliphatic hydroxyl groups excluding tert-OH is 1. The zero-order valence-electron chi connectivity index (χ0n) is 21.5. The van der Waals surface area contributed by atoms with Crippen LogP contribution < -0.4 is 9.47 Å². The molecule has 194 valence electrons. The average molecular weight is 510 g/mol. The lowest BCUT2D eigenvalue weighted by Crippen LogP contribution is -2.49. The van der Waals surface area contributed by atoms with E-state index in [1.165, 1.54) is 41.5 Å². The van der Waals surface area contributed by atoms with Gasteiger partial charge in [-0.3, -0.25) is 4.90 Å². The first-order chi connectivity index (χ1) is 17.6. The van der Waals surface area contributed by atoms with Crippen molar-refractivity contribution in [2.75, 3.05) is 52.5 Å². The largest absolute Gasteiger partial charge is 0.494 e. The fraction of sp³-hybridized carbons (Fsp3) is 0.552. The van der Waals surface area contributed by atoms with Crippen molar-refractivity contribution in [1.82, 2.24) is 14.8 Å². The maximum atomic E-state index is 10.5. The van der Waals surface area contributed by atoms with Gasteiger partial charge in [-0.15, -0.1) is 11.3 Å². The molecule has 1 N–H and O–H groups in total. The number of ether oxygens (including phenoxy) is 2. The second kappa shape index (κ2) is 12.4. The van der Waals surface area contributed by atoms with Gasteiger partial charge in [0.1, 0.15) is 24.2 Å². The van der Waals surface area contributed by atoms with Crippen LogP contribution in [0.15, 0.2) is 36.4 Å². The van der Waals surface area contributed by atoms with Crippen LogP contribution in [0.4, 0.5) is 0 Å². The summed E-state index contributed by atoms with van der Waals surface area (Å²) >= 11 is 1.69. The first kappa shape index (κ1) is 25.5. The van der Waals surface area contributed by atoms with Crippen LogP contribution in [0.25, 0.3) is 10.2 Å². The molecule has 2 aliphatic rings. The van der Waals surface area contributed by atoms with Crippen molar-refractivity contribution in [2.24, 2.45) is 0 Å². The summed E-state index contributed by atoms with van der Waals surface area (Å²) in [7, 11) is 0. The summed E-state index contributed by atoms with van der Waals surface area (Å²) in [5.74, 6) is 1.80. The van der Waals surface area contributed by atoms with Gasteiger partial charge in [0.15, 0.2) is 0 Å². The van der Waals surface area contributed by atoms with E-state index < -0.39 is 6.10 Å². The topological polar surface area (TPSA) is 58.1 Å². The Kier molecular flexibility index (Phi) is 8.75. The molecule has 0 saturated carbocycles. The molecule has 2 heterocycles. The lowest BCUT2D eigenvalue weighted by molar-refractivity contribution is 0.0456. The number of unbranched alkanes of at least 4 members (excludes halogenated alkanes) is 1. The summed E-state index contributed by atoms with van der Waals surface area (Å²) in [5, 5.41) is 11.6. The molecule has 3 aromatic rings. The Balaban J connectivity index is 0.938. The fourth-order valence-electron chi connectivity index (χ4n) is 5.28. The summed E-state index contributed by atoms with van der Waals surface area (Å²) in [5.41, 5.74) is 3.96. The van der Waals surface area contributed by atoms with E-state index in [9.17, 15) is 5.11 Å². The zero-order chi connectivity index (χ0) is 24.7. The Hall–Kier alpha value is -2.19. The van der Waals surface area contributed by atoms with E-state index in [0.717, 1.165) is 74.2 Å². The Labute approximate surface area is 218 Å². The molecule has 1 saturated heterocycles. The number of benzene rings is 2. The van der Waals surface area contributed by atoms with Gasteiger partial charge in [-0.1, -0.05) is 6.07 Å². The van der Waals surface area contributed by atoms with Gasteiger partial charge in [0, 0.05) is 38.8 Å². The van der Waals surface area contributed by atoms with E-state index in [1.54, 1.807) is 11.3 Å². The minimum absolute atomic E-state index is 0.305. The van der Waals surface area contributed by atoms with E-state index in [1.807, 2.05) is 25.1 Å². The highest BCUT2D eigenvalue weighted by Gasteiger charge is 2.19. The predicted octanol–water partition coefficient (Wildman–Crippen LogP) is 4.70. The Morgan fingerprint density at radius 1 is 0.917 bits per heavy atom. The molecule has 7 heteroatoms. The van der Waals surface area contributed by atoms with Gasteiger partial charge in [-0.2, -0.15) is 0 Å². The monoisotopic (exact) mass is 509 g/mol. The van der Waals surface area contributed by atoms with Crippen molar-refractivity contribution in [3.63, 3.8) is 0 Å². The molecule has 1 aliphatic heterocycles. The Morgan fingerprint density at radius 3 is 2.53 bits per heavy atom. The van der Waals surface area contributed by atoms with Gasteiger partial charge in [0.25, 0.3) is 0 Å². The SMILES string of the molecule is Cc1nc2cc(OC[C@H](O)CN3CCN(CCCCOc4ccc5c(c4)CCCC5)CC3)ccc2s1. The quantitative estimate of drug-likeness (QED) is 0.378. The van der Waals surface area contributed by atoms with Gasteiger partial charge in [0.05, 0.1) is 21.8 Å². The van der Waals surface area contributed by atoms with Crippen LogP contribution in [0.5, 0.6) is 11.5 Å². The van der Waals surface area contributed by atoms with Crippen LogP contribution in [0.1, 0.15) is 41.8 Å². The van der Waals surface area contributed by atoms with E-state index in [0.29, 0.717) is 13.2 Å². The minimum Gasteiger partial charge on any atom is -0.494 e. The van der Waals surface area contributed by atoms with E-state index in [-0.39, 0.29) is 0 Å². The molecule has 0 bridgehead atoms. The Morgan fingerprint density at radius 2 is 1.67 bits per heavy atom. The molecule has 0 unspecified atom stereocenters. The van der Waals surface area contributed by atoms with Gasteiger partial charge in [-0.05, 0) is 87.4 Å². The number of β-amino-alcohol motifs (C(OH)–C–C–N with tert-alkyl or cyclic N) is 1. The number of aliphatic hydroxyl groups is 1. The highest BCUT2D eigenvalue weighted by atomic mass is 32.1. The van der Waals surface area contributed by atoms with E-state index in [2.05, 4.69) is 33.0 Å². The van der Waals surface area contributed by atoms with Crippen molar-refractivity contribution in [2.45, 2.75) is 51.6 Å². The van der Waals surface area contributed by atoms with Crippen molar-refractivity contribution >= 4 is 21.6 Å². The Bertz CT molecular complexity index is 1130. The maximum Gasteiger partial charge on any atom is 0.121 e. The molecular weight excluding hydrogens is 470 g/mol. The van der Waals surface area contributed by atoms with Crippen LogP contribution >= 0.6 is 11.3 Å². The second-order valence-electron chi connectivity index (χ2n) is 10.2. The zero-order valence-corrected chi connectivity index (χ0v) is 22.3. The third-order valence-electron chi connectivity index (χ3n) is 7.30. The number of hydrogen-bond donors (Lipinski definition) is 1. The molecule has 2 aromatic carbocycles. The fourth-order valence-corrected chi connectivity index (χ4v) is 6.09. The normalized spacial score (nSPS) is 17.7. The number of aromatic nitrogens is 1. The van der Waals surface area contributed by atoms with Crippen LogP contribution in [-0.2, 0) is 12.8 Å². The minimum atomic E-state index is -0.495. The van der Waals surface area contributed by atoms with Crippen molar-refractivity contribution in [3.8, 4) is 11.5 Å². The summed E-state index contributed by atoms with van der Waals surface area (Å²) in [4.78, 5) is 9.39. The van der Waals surface area contributed by atoms with Gasteiger partial charge in [0.2, 0.25) is 0 Å². The molecule has 6 nitrogen and oxygen atoms in total. The third-order valence-corrected chi connectivity index (χ3v) is 8.25. The van der Waals surface area contributed by atoms with E-state index in [4.69, 9.17) is 9.47 Å². The highest BCUT2D eigenvalue weighted by Crippen LogP contribution is 2.26. The van der Waals surface area contributed by atoms with Crippen LogP contribution in [0.2, 0.25) is 0 Å². The summed E-state index contributed by atoms with van der Waals surface area (Å²) in [6.45, 7) is 8.98. The number of hydrogen-bond acceptors (Lipinski definition) is 7. The lowest BCUT2D eigenvalue weighted by Gasteiger charge is -2.35. The first-order valence-electron chi connectivity index (χ1n) is 13.5. The van der Waals surface area contributed by atoms with Crippen molar-refractivity contribution < 1.29 is 14.6 Å². The van der Waals surface area contributed by atoms with Gasteiger partial charge < -0.3 is 19.5 Å². The van der Waals surface area contributed by atoms with E-state index >= 15 is 0 Å². The molecule has 0 amide bonds. The van der Waals surface area contributed by atoms with Crippen LogP contribution in [0.3, 0.4) is 0 Å². The predicted molar refractivity (Wildman–Crippen MR) is 147 cm³/mol. The van der Waals surface area contributed by atoms with Crippen LogP contribution in [-0.4, -0.2) is 78.5 Å².